The van der Waals surface area contributed by atoms with Crippen LogP contribution in [0.25, 0.3) is 10.9 Å². The molecule has 0 saturated carbocycles. The summed E-state index contributed by atoms with van der Waals surface area (Å²) in [6.45, 7) is 2.63. The molecule has 1 aliphatic heterocycles. The topological polar surface area (TPSA) is 90.9 Å². The molecule has 28 heavy (non-hydrogen) atoms. The molecule has 1 aliphatic rings. The van der Waals surface area contributed by atoms with Crippen LogP contribution < -0.4 is 21.3 Å². The van der Waals surface area contributed by atoms with Gasteiger partial charge in [-0.25, -0.2) is 15.0 Å². The summed E-state index contributed by atoms with van der Waals surface area (Å²) in [4.78, 5) is 17.9. The van der Waals surface area contributed by atoms with Gasteiger partial charge in [-0.2, -0.15) is 0 Å². The third kappa shape index (κ3) is 3.06. The fourth-order valence-corrected chi connectivity index (χ4v) is 3.15. The van der Waals surface area contributed by atoms with Crippen LogP contribution in [0.15, 0.2) is 61.1 Å². The Labute approximate surface area is 163 Å². The lowest BCUT2D eigenvalue weighted by atomic mass is 10.1. The van der Waals surface area contributed by atoms with Crippen LogP contribution in [0.2, 0.25) is 0 Å². The molecule has 4 heterocycles. The summed E-state index contributed by atoms with van der Waals surface area (Å²) < 4.78 is 0. The number of pyridine rings is 2. The van der Waals surface area contributed by atoms with Crippen molar-refractivity contribution in [3.05, 3.63) is 72.2 Å². The van der Waals surface area contributed by atoms with Gasteiger partial charge in [0.1, 0.15) is 5.82 Å². The Balaban J connectivity index is 0.00000205. The smallest absolute Gasteiger partial charge is 0.191 e. The Hall–Kier alpha value is -3.78. The minimum atomic E-state index is 0. The number of hydrazine groups is 2. The third-order valence-electron chi connectivity index (χ3n) is 4.58. The molecule has 140 valence electrons. The van der Waals surface area contributed by atoms with Crippen LogP contribution in [0, 0.1) is 6.92 Å². The molecule has 0 spiro atoms. The summed E-state index contributed by atoms with van der Waals surface area (Å²) in [5.74, 6) is 2.82. The van der Waals surface area contributed by atoms with Gasteiger partial charge in [0.05, 0.1) is 18.3 Å². The van der Waals surface area contributed by atoms with Crippen molar-refractivity contribution in [2.24, 2.45) is 0 Å². The summed E-state index contributed by atoms with van der Waals surface area (Å²) in [5, 5.41) is 6.27. The maximum atomic E-state index is 4.70. The summed E-state index contributed by atoms with van der Waals surface area (Å²) in [6, 6.07) is 14.1. The van der Waals surface area contributed by atoms with Crippen LogP contribution in [0.4, 0.5) is 23.3 Å². The van der Waals surface area contributed by atoms with E-state index in [2.05, 4.69) is 49.4 Å². The van der Waals surface area contributed by atoms with E-state index in [1.54, 1.807) is 18.6 Å². The van der Waals surface area contributed by atoms with Crippen LogP contribution >= 0.6 is 0 Å². The number of hydrogen-bond donors (Lipinski definition) is 3. The first kappa shape index (κ1) is 16.4. The Morgan fingerprint density at radius 2 is 1.96 bits per heavy atom. The molecule has 3 aromatic heterocycles. The zero-order valence-corrected chi connectivity index (χ0v) is 15.2. The summed E-state index contributed by atoms with van der Waals surface area (Å²) >= 11 is 0. The molecular weight excluding hydrogens is 352 g/mol. The lowest BCUT2D eigenvalue weighted by Gasteiger charge is -2.17. The van der Waals surface area contributed by atoms with Crippen molar-refractivity contribution in [2.45, 2.75) is 13.5 Å². The number of fused-ring (bicyclic) bond motifs is 2. The Kier molecular flexibility index (Phi) is 3.95. The SMILES string of the molecule is Cc1cccnc1Nc1cnc2c(n1)N(Cc1ccc3ncccc3c1)NN2.[HH]. The molecule has 0 bridgehead atoms. The van der Waals surface area contributed by atoms with Gasteiger partial charge in [-0.1, -0.05) is 18.2 Å². The van der Waals surface area contributed by atoms with Crippen LogP contribution in [0.3, 0.4) is 0 Å². The fourth-order valence-electron chi connectivity index (χ4n) is 3.15. The first-order valence-electron chi connectivity index (χ1n) is 8.95. The molecule has 0 aliphatic carbocycles. The van der Waals surface area contributed by atoms with E-state index in [1.807, 2.05) is 36.2 Å². The second-order valence-electron chi connectivity index (χ2n) is 6.57. The molecule has 3 N–H and O–H groups in total. The number of benzene rings is 1. The predicted molar refractivity (Wildman–Crippen MR) is 111 cm³/mol. The van der Waals surface area contributed by atoms with Crippen molar-refractivity contribution in [1.29, 1.82) is 0 Å². The van der Waals surface area contributed by atoms with Crippen LogP contribution in [0.5, 0.6) is 0 Å². The number of nitrogens with zero attached hydrogens (tertiary/aromatic N) is 5. The average Bonchev–Trinajstić information content (AvgIpc) is 3.12. The van der Waals surface area contributed by atoms with Gasteiger partial charge < -0.3 is 5.32 Å². The number of aryl methyl sites for hydroxylation is 1. The molecule has 0 amide bonds. The van der Waals surface area contributed by atoms with Crippen molar-refractivity contribution in [1.82, 2.24) is 25.5 Å². The zero-order valence-electron chi connectivity index (χ0n) is 15.2. The van der Waals surface area contributed by atoms with Crippen molar-refractivity contribution in [3.8, 4) is 0 Å². The first-order valence-corrected chi connectivity index (χ1v) is 8.95. The summed E-state index contributed by atoms with van der Waals surface area (Å²) in [7, 11) is 0. The third-order valence-corrected chi connectivity index (χ3v) is 4.58. The van der Waals surface area contributed by atoms with Gasteiger partial charge in [0.25, 0.3) is 0 Å². The van der Waals surface area contributed by atoms with Gasteiger partial charge in [0.2, 0.25) is 0 Å². The predicted octanol–water partition coefficient (Wildman–Crippen LogP) is 3.57. The van der Waals surface area contributed by atoms with Gasteiger partial charge in [-0.3, -0.25) is 15.4 Å². The highest BCUT2D eigenvalue weighted by Gasteiger charge is 2.22. The highest BCUT2D eigenvalue weighted by molar-refractivity contribution is 5.79. The Morgan fingerprint density at radius 1 is 1.07 bits per heavy atom. The highest BCUT2D eigenvalue weighted by Crippen LogP contribution is 2.28. The molecule has 0 radical (unpaired) electrons. The number of nitrogens with one attached hydrogen (secondary N) is 3. The van der Waals surface area contributed by atoms with Crippen molar-refractivity contribution < 1.29 is 1.43 Å². The molecule has 0 fully saturated rings. The molecule has 8 heteroatoms. The van der Waals surface area contributed by atoms with E-state index in [4.69, 9.17) is 4.98 Å². The van der Waals surface area contributed by atoms with Crippen molar-refractivity contribution in [2.75, 3.05) is 15.8 Å². The standard InChI is InChI=1S/C20H18N8.H2/c1-13-4-2-9-22-18(13)24-17-11-23-19-20(25-17)28(27-26-19)12-14-6-7-16-15(10-14)5-3-8-21-16;/h2-11,27H,12H2,1H3,(H,23,26)(H,22,24,25);1H. The molecule has 0 unspecified atom stereocenters. The van der Waals surface area contributed by atoms with E-state index >= 15 is 0 Å². The van der Waals surface area contributed by atoms with E-state index in [1.165, 1.54) is 0 Å². The normalized spacial score (nSPS) is 12.7. The van der Waals surface area contributed by atoms with Crippen molar-refractivity contribution in [3.63, 3.8) is 0 Å². The molecule has 0 saturated heterocycles. The largest absolute Gasteiger partial charge is 0.323 e. The molecule has 4 aromatic rings. The van der Waals surface area contributed by atoms with Gasteiger partial charge in [-0.05, 0) is 42.3 Å². The van der Waals surface area contributed by atoms with Crippen LogP contribution in [-0.4, -0.2) is 19.9 Å². The second kappa shape index (κ2) is 6.75. The zero-order chi connectivity index (χ0) is 18.9. The van der Waals surface area contributed by atoms with Gasteiger partial charge in [0.15, 0.2) is 17.5 Å². The first-order chi connectivity index (χ1) is 13.8. The Morgan fingerprint density at radius 3 is 2.89 bits per heavy atom. The van der Waals surface area contributed by atoms with E-state index in [0.717, 1.165) is 33.7 Å². The van der Waals surface area contributed by atoms with E-state index < -0.39 is 0 Å². The second-order valence-corrected chi connectivity index (χ2v) is 6.57. The minimum Gasteiger partial charge on any atom is -0.323 e. The van der Waals surface area contributed by atoms with E-state index in [0.29, 0.717) is 18.2 Å². The lowest BCUT2D eigenvalue weighted by Crippen LogP contribution is -2.35. The van der Waals surface area contributed by atoms with E-state index in [-0.39, 0.29) is 1.43 Å². The highest BCUT2D eigenvalue weighted by atomic mass is 15.7. The van der Waals surface area contributed by atoms with E-state index in [9.17, 15) is 0 Å². The van der Waals surface area contributed by atoms with Crippen LogP contribution in [0.1, 0.15) is 12.6 Å². The van der Waals surface area contributed by atoms with Crippen molar-refractivity contribution >= 4 is 34.2 Å². The minimum absolute atomic E-state index is 0. The maximum Gasteiger partial charge on any atom is 0.191 e. The van der Waals surface area contributed by atoms with Gasteiger partial charge in [-0.15, -0.1) is 5.53 Å². The maximum absolute atomic E-state index is 4.70. The van der Waals surface area contributed by atoms with Gasteiger partial charge in [0, 0.05) is 19.2 Å². The molecule has 8 nitrogen and oxygen atoms in total. The lowest BCUT2D eigenvalue weighted by molar-refractivity contribution is 0.717. The number of anilines is 4. The molecule has 1 aromatic carbocycles. The quantitative estimate of drug-likeness (QED) is 0.501. The average molecular weight is 372 g/mol. The fraction of sp³-hybridized carbons (Fsp3) is 0.100. The number of aromatic nitrogens is 4. The monoisotopic (exact) mass is 372 g/mol. The Bertz CT molecular complexity index is 1170. The number of hydrogen-bond acceptors (Lipinski definition) is 8. The summed E-state index contributed by atoms with van der Waals surface area (Å²) in [5.41, 5.74) is 9.35. The van der Waals surface area contributed by atoms with Crippen LogP contribution in [-0.2, 0) is 6.54 Å². The van der Waals surface area contributed by atoms with Gasteiger partial charge >= 0.3 is 0 Å². The molecular formula is C20H20N8. The molecule has 5 rings (SSSR count). The molecule has 0 atom stereocenters. The number of rotatable bonds is 4. The summed E-state index contributed by atoms with van der Waals surface area (Å²) in [6.07, 6.45) is 5.24.